The normalized spacial score (nSPS) is 12.2. The van der Waals surface area contributed by atoms with Gasteiger partial charge in [-0.05, 0) is 30.7 Å². The van der Waals surface area contributed by atoms with E-state index in [4.69, 9.17) is 22.1 Å². The Bertz CT molecular complexity index is 517. The van der Waals surface area contributed by atoms with Gasteiger partial charge in [0, 0.05) is 18.4 Å². The minimum Gasteiger partial charge on any atom is -0.484 e. The second-order valence-corrected chi connectivity index (χ2v) is 4.34. The van der Waals surface area contributed by atoms with Gasteiger partial charge in [0.05, 0.1) is 5.02 Å². The van der Waals surface area contributed by atoms with Gasteiger partial charge in [-0.25, -0.2) is 9.97 Å². The highest BCUT2D eigenvalue weighted by atomic mass is 35.5. The van der Waals surface area contributed by atoms with Gasteiger partial charge in [0.15, 0.2) is 5.82 Å². The Kier molecular flexibility index (Phi) is 4.12. The summed E-state index contributed by atoms with van der Waals surface area (Å²) in [5.41, 5.74) is 6.75. The van der Waals surface area contributed by atoms with Crippen molar-refractivity contribution >= 4 is 11.6 Å². The van der Waals surface area contributed by atoms with Crippen LogP contribution in [0, 0.1) is 0 Å². The van der Waals surface area contributed by atoms with Crippen LogP contribution < -0.4 is 10.5 Å². The van der Waals surface area contributed by atoms with Crippen LogP contribution in [-0.4, -0.2) is 9.97 Å². The van der Waals surface area contributed by atoms with E-state index in [0.717, 1.165) is 5.56 Å². The van der Waals surface area contributed by atoms with Crippen LogP contribution in [0.1, 0.15) is 24.4 Å². The predicted molar refractivity (Wildman–Crippen MR) is 70.4 cm³/mol. The van der Waals surface area contributed by atoms with E-state index in [1.807, 2.05) is 25.1 Å². The Morgan fingerprint density at radius 3 is 2.67 bits per heavy atom. The highest BCUT2D eigenvalue weighted by Gasteiger charge is 2.06. The van der Waals surface area contributed by atoms with Crippen LogP contribution >= 0.6 is 11.6 Å². The van der Waals surface area contributed by atoms with Gasteiger partial charge < -0.3 is 10.5 Å². The number of nitrogens with zero attached hydrogens (tertiary/aromatic N) is 2. The average molecular weight is 264 g/mol. The molecule has 0 aliphatic heterocycles. The minimum atomic E-state index is -0.0472. The fourth-order valence-corrected chi connectivity index (χ4v) is 1.71. The molecule has 0 aliphatic rings. The zero-order valence-corrected chi connectivity index (χ0v) is 10.8. The maximum absolute atomic E-state index is 6.12. The molecule has 0 fully saturated rings. The highest BCUT2D eigenvalue weighted by Crippen LogP contribution is 2.27. The van der Waals surface area contributed by atoms with Crippen molar-refractivity contribution in [3.05, 3.63) is 53.1 Å². The van der Waals surface area contributed by atoms with E-state index in [0.29, 0.717) is 16.6 Å². The molecule has 1 atom stereocenters. The van der Waals surface area contributed by atoms with Crippen LogP contribution in [0.3, 0.4) is 0 Å². The molecule has 4 nitrogen and oxygen atoms in total. The molecule has 0 spiro atoms. The SMILES string of the molecule is C[C@H](N)c1ccc(OCc2ncccn2)c(Cl)c1. The lowest BCUT2D eigenvalue weighted by Crippen LogP contribution is -2.05. The number of aromatic nitrogens is 2. The first-order chi connectivity index (χ1) is 8.66. The van der Waals surface area contributed by atoms with Crippen LogP contribution in [0.15, 0.2) is 36.7 Å². The van der Waals surface area contributed by atoms with Crippen molar-refractivity contribution in [3.63, 3.8) is 0 Å². The van der Waals surface area contributed by atoms with E-state index in [-0.39, 0.29) is 12.6 Å². The molecule has 1 heterocycles. The van der Waals surface area contributed by atoms with Gasteiger partial charge in [-0.15, -0.1) is 0 Å². The highest BCUT2D eigenvalue weighted by molar-refractivity contribution is 6.32. The van der Waals surface area contributed by atoms with Gasteiger partial charge in [0.2, 0.25) is 0 Å². The maximum atomic E-state index is 6.12. The predicted octanol–water partition coefficient (Wildman–Crippen LogP) is 2.73. The summed E-state index contributed by atoms with van der Waals surface area (Å²) in [7, 11) is 0. The fourth-order valence-electron chi connectivity index (χ4n) is 1.46. The summed E-state index contributed by atoms with van der Waals surface area (Å²) in [4.78, 5) is 8.14. The summed E-state index contributed by atoms with van der Waals surface area (Å²) in [5, 5.41) is 0.542. The molecule has 94 valence electrons. The molecule has 2 aromatic rings. The van der Waals surface area contributed by atoms with Gasteiger partial charge in [0.1, 0.15) is 12.4 Å². The number of ether oxygens (including phenoxy) is 1. The van der Waals surface area contributed by atoms with Crippen molar-refractivity contribution in [1.29, 1.82) is 0 Å². The first-order valence-electron chi connectivity index (χ1n) is 5.60. The van der Waals surface area contributed by atoms with E-state index in [1.54, 1.807) is 18.5 Å². The monoisotopic (exact) mass is 263 g/mol. The summed E-state index contributed by atoms with van der Waals surface area (Å²) in [6.07, 6.45) is 3.35. The second kappa shape index (κ2) is 5.80. The minimum absolute atomic E-state index is 0.0472. The van der Waals surface area contributed by atoms with Gasteiger partial charge in [0.25, 0.3) is 0 Å². The number of nitrogens with two attached hydrogens (primary N) is 1. The third kappa shape index (κ3) is 3.18. The Balaban J connectivity index is 2.06. The van der Waals surface area contributed by atoms with Crippen molar-refractivity contribution in [2.75, 3.05) is 0 Å². The van der Waals surface area contributed by atoms with Crippen LogP contribution in [-0.2, 0) is 6.61 Å². The molecular weight excluding hydrogens is 250 g/mol. The van der Waals surface area contributed by atoms with Crippen molar-refractivity contribution in [2.45, 2.75) is 19.6 Å². The van der Waals surface area contributed by atoms with Crippen molar-refractivity contribution in [2.24, 2.45) is 5.73 Å². The third-order valence-electron chi connectivity index (χ3n) is 2.46. The lowest BCUT2D eigenvalue weighted by Gasteiger charge is -2.10. The van der Waals surface area contributed by atoms with E-state index in [2.05, 4.69) is 9.97 Å². The van der Waals surface area contributed by atoms with E-state index < -0.39 is 0 Å². The molecule has 5 heteroatoms. The number of halogens is 1. The number of hydrogen-bond acceptors (Lipinski definition) is 4. The standard InChI is InChI=1S/C13H14ClN3O/c1-9(15)10-3-4-12(11(14)7-10)18-8-13-16-5-2-6-17-13/h2-7,9H,8,15H2,1H3/t9-/m0/s1. The zero-order valence-electron chi connectivity index (χ0n) is 10.0. The van der Waals surface area contributed by atoms with Crippen molar-refractivity contribution < 1.29 is 4.74 Å². The Hall–Kier alpha value is -1.65. The molecule has 0 bridgehead atoms. The molecular formula is C13H14ClN3O. The third-order valence-corrected chi connectivity index (χ3v) is 2.75. The largest absolute Gasteiger partial charge is 0.484 e. The van der Waals surface area contributed by atoms with Gasteiger partial charge in [-0.3, -0.25) is 0 Å². The van der Waals surface area contributed by atoms with Crippen LogP contribution in [0.4, 0.5) is 0 Å². The molecule has 0 aliphatic carbocycles. The van der Waals surface area contributed by atoms with Crippen LogP contribution in [0.2, 0.25) is 5.02 Å². The number of hydrogen-bond donors (Lipinski definition) is 1. The molecule has 1 aromatic carbocycles. The summed E-state index contributed by atoms with van der Waals surface area (Å²) < 4.78 is 5.56. The van der Waals surface area contributed by atoms with Gasteiger partial charge >= 0.3 is 0 Å². The van der Waals surface area contributed by atoms with Crippen LogP contribution in [0.25, 0.3) is 0 Å². The Morgan fingerprint density at radius 1 is 1.33 bits per heavy atom. The topological polar surface area (TPSA) is 61.0 Å². The lowest BCUT2D eigenvalue weighted by molar-refractivity contribution is 0.296. The molecule has 1 aromatic heterocycles. The first kappa shape index (κ1) is 12.8. The second-order valence-electron chi connectivity index (χ2n) is 3.93. The Labute approximate surface area is 111 Å². The van der Waals surface area contributed by atoms with E-state index >= 15 is 0 Å². The first-order valence-corrected chi connectivity index (χ1v) is 5.98. The van der Waals surface area contributed by atoms with Crippen molar-refractivity contribution in [1.82, 2.24) is 9.97 Å². The van der Waals surface area contributed by atoms with Crippen LogP contribution in [0.5, 0.6) is 5.75 Å². The molecule has 0 radical (unpaired) electrons. The van der Waals surface area contributed by atoms with E-state index in [9.17, 15) is 0 Å². The maximum Gasteiger partial charge on any atom is 0.166 e. The van der Waals surface area contributed by atoms with Gasteiger partial charge in [-0.2, -0.15) is 0 Å². The molecule has 0 unspecified atom stereocenters. The molecule has 0 amide bonds. The summed E-state index contributed by atoms with van der Waals surface area (Å²) >= 11 is 6.12. The smallest absolute Gasteiger partial charge is 0.166 e. The fraction of sp³-hybridized carbons (Fsp3) is 0.231. The average Bonchev–Trinajstić information content (AvgIpc) is 2.38. The molecule has 2 rings (SSSR count). The van der Waals surface area contributed by atoms with Gasteiger partial charge in [-0.1, -0.05) is 17.7 Å². The molecule has 18 heavy (non-hydrogen) atoms. The van der Waals surface area contributed by atoms with Crippen molar-refractivity contribution in [3.8, 4) is 5.75 Å². The summed E-state index contributed by atoms with van der Waals surface area (Å²) in [6, 6.07) is 7.23. The Morgan fingerprint density at radius 2 is 2.06 bits per heavy atom. The molecule has 0 saturated carbocycles. The number of rotatable bonds is 4. The van der Waals surface area contributed by atoms with E-state index in [1.165, 1.54) is 0 Å². The molecule has 2 N–H and O–H groups in total. The summed E-state index contributed by atoms with van der Waals surface area (Å²) in [5.74, 6) is 1.22. The molecule has 0 saturated heterocycles. The quantitative estimate of drug-likeness (QED) is 0.921. The lowest BCUT2D eigenvalue weighted by atomic mass is 10.1. The number of benzene rings is 1. The summed E-state index contributed by atoms with van der Waals surface area (Å²) in [6.45, 7) is 2.20. The zero-order chi connectivity index (χ0) is 13.0.